The van der Waals surface area contributed by atoms with Gasteiger partial charge in [0.05, 0.1) is 16.7 Å². The van der Waals surface area contributed by atoms with Crippen LogP contribution in [0.25, 0.3) is 0 Å². The van der Waals surface area contributed by atoms with Crippen LogP contribution in [0.1, 0.15) is 25.3 Å². The number of aromatic nitrogens is 2. The van der Waals surface area contributed by atoms with Crippen molar-refractivity contribution in [1.29, 1.82) is 0 Å². The monoisotopic (exact) mass is 273 g/mol. The minimum absolute atomic E-state index is 0.0386. The predicted molar refractivity (Wildman–Crippen MR) is 58.4 cm³/mol. The lowest BCUT2D eigenvalue weighted by Crippen LogP contribution is -2.47. The maximum absolute atomic E-state index is 14.1. The molecule has 1 N–H and O–H groups in total. The summed E-state index contributed by atoms with van der Waals surface area (Å²) in [6.07, 6.45) is 5.69. The number of alkyl halides is 1. The van der Waals surface area contributed by atoms with E-state index in [1.165, 1.54) is 0 Å². The van der Waals surface area contributed by atoms with E-state index in [1.54, 1.807) is 10.9 Å². The molecule has 5 heteroatoms. The molecule has 2 aliphatic heterocycles. The fourth-order valence-corrected chi connectivity index (χ4v) is 3.03. The van der Waals surface area contributed by atoms with Crippen LogP contribution in [0.3, 0.4) is 0 Å². The number of nitrogens with one attached hydrogen (secondary N) is 1. The van der Waals surface area contributed by atoms with Gasteiger partial charge in [-0.1, -0.05) is 0 Å². The summed E-state index contributed by atoms with van der Waals surface area (Å²) in [5, 5.41) is 7.51. The molecule has 3 nitrogen and oxygen atoms in total. The Labute approximate surface area is 96.2 Å². The second-order valence-corrected chi connectivity index (χ2v) is 5.35. The van der Waals surface area contributed by atoms with Gasteiger partial charge in [0, 0.05) is 18.3 Å². The zero-order valence-corrected chi connectivity index (χ0v) is 9.82. The maximum atomic E-state index is 14.1. The van der Waals surface area contributed by atoms with Crippen LogP contribution < -0.4 is 5.32 Å². The lowest BCUT2D eigenvalue weighted by atomic mass is 9.98. The Hall–Kier alpha value is -0.420. The Morgan fingerprint density at radius 3 is 3.13 bits per heavy atom. The molecule has 2 aliphatic rings. The molecule has 3 rings (SSSR count). The lowest BCUT2D eigenvalue weighted by molar-refractivity contribution is 0.129. The molecule has 0 amide bonds. The van der Waals surface area contributed by atoms with Gasteiger partial charge in [0.2, 0.25) is 0 Å². The van der Waals surface area contributed by atoms with E-state index < -0.39 is 6.17 Å². The van der Waals surface area contributed by atoms with Crippen LogP contribution in [0, 0.1) is 0 Å². The van der Waals surface area contributed by atoms with Crippen molar-refractivity contribution in [3.63, 3.8) is 0 Å². The van der Waals surface area contributed by atoms with Crippen LogP contribution >= 0.6 is 15.9 Å². The van der Waals surface area contributed by atoms with Crippen molar-refractivity contribution < 1.29 is 4.39 Å². The molecule has 0 aliphatic carbocycles. The number of fused-ring (bicyclic) bond motifs is 2. The second kappa shape index (κ2) is 3.56. The molecule has 3 heterocycles. The Bertz CT molecular complexity index is 367. The van der Waals surface area contributed by atoms with Crippen LogP contribution in [0.2, 0.25) is 0 Å². The minimum atomic E-state index is -0.810. The number of halogens is 2. The first-order valence-electron chi connectivity index (χ1n) is 5.34. The summed E-state index contributed by atoms with van der Waals surface area (Å²) < 4.78 is 16.8. The highest BCUT2D eigenvalue weighted by Gasteiger charge is 2.42. The van der Waals surface area contributed by atoms with E-state index >= 15 is 0 Å². The number of piperidine rings is 1. The molecule has 82 valence electrons. The van der Waals surface area contributed by atoms with Crippen LogP contribution in [-0.4, -0.2) is 28.0 Å². The SMILES string of the molecule is F[C@H]1C(n2cc(Br)cn2)C[C@H]2CC[C@H]1N2. The summed E-state index contributed by atoms with van der Waals surface area (Å²) in [7, 11) is 0. The standard InChI is InChI=1S/C10H13BrFN3/c11-6-4-13-15(5-6)9-3-7-1-2-8(14-7)10(9)12/h4-5,7-10,14H,1-3H2/t7-,8-,9?,10-/m1/s1. The minimum Gasteiger partial charge on any atom is -0.308 e. The van der Waals surface area contributed by atoms with Gasteiger partial charge in [-0.25, -0.2) is 4.39 Å². The summed E-state index contributed by atoms with van der Waals surface area (Å²) >= 11 is 3.34. The Morgan fingerprint density at radius 1 is 1.53 bits per heavy atom. The van der Waals surface area contributed by atoms with Crippen molar-refractivity contribution in [2.24, 2.45) is 0 Å². The first-order chi connectivity index (χ1) is 7.24. The van der Waals surface area contributed by atoms with E-state index in [2.05, 4.69) is 26.3 Å². The van der Waals surface area contributed by atoms with E-state index in [0.717, 1.165) is 23.7 Å². The summed E-state index contributed by atoms with van der Waals surface area (Å²) in [5.74, 6) is 0. The first-order valence-corrected chi connectivity index (χ1v) is 6.13. The van der Waals surface area contributed by atoms with E-state index in [-0.39, 0.29) is 12.1 Å². The molecule has 0 aromatic carbocycles. The predicted octanol–water partition coefficient (Wildman–Crippen LogP) is 2.05. The smallest absolute Gasteiger partial charge is 0.138 e. The Balaban J connectivity index is 1.87. The average molecular weight is 274 g/mol. The number of hydrogen-bond donors (Lipinski definition) is 1. The third kappa shape index (κ3) is 1.61. The van der Waals surface area contributed by atoms with Gasteiger partial charge in [0.25, 0.3) is 0 Å². The van der Waals surface area contributed by atoms with E-state index in [4.69, 9.17) is 0 Å². The number of nitrogens with zero attached hydrogens (tertiary/aromatic N) is 2. The second-order valence-electron chi connectivity index (χ2n) is 4.43. The third-order valence-corrected chi connectivity index (χ3v) is 3.87. The van der Waals surface area contributed by atoms with Crippen LogP contribution in [-0.2, 0) is 0 Å². The normalized spacial score (nSPS) is 39.6. The first kappa shape index (κ1) is 9.78. The largest absolute Gasteiger partial charge is 0.308 e. The van der Waals surface area contributed by atoms with Gasteiger partial charge < -0.3 is 5.32 Å². The van der Waals surface area contributed by atoms with Gasteiger partial charge >= 0.3 is 0 Å². The van der Waals surface area contributed by atoms with Crippen molar-refractivity contribution in [3.05, 3.63) is 16.9 Å². The van der Waals surface area contributed by atoms with Crippen molar-refractivity contribution >= 4 is 15.9 Å². The van der Waals surface area contributed by atoms with Crippen LogP contribution in [0.5, 0.6) is 0 Å². The van der Waals surface area contributed by atoms with Gasteiger partial charge in [0.15, 0.2) is 0 Å². The van der Waals surface area contributed by atoms with Crippen molar-refractivity contribution in [1.82, 2.24) is 15.1 Å². The maximum Gasteiger partial charge on any atom is 0.138 e. The zero-order valence-electron chi connectivity index (χ0n) is 8.24. The fraction of sp³-hybridized carbons (Fsp3) is 0.700. The van der Waals surface area contributed by atoms with Crippen molar-refractivity contribution in [2.45, 2.75) is 43.6 Å². The number of hydrogen-bond acceptors (Lipinski definition) is 2. The Morgan fingerprint density at radius 2 is 2.40 bits per heavy atom. The fourth-order valence-electron chi connectivity index (χ4n) is 2.73. The number of rotatable bonds is 1. The highest BCUT2D eigenvalue weighted by Crippen LogP contribution is 2.36. The van der Waals surface area contributed by atoms with Gasteiger partial charge in [0.1, 0.15) is 6.17 Å². The molecule has 4 atom stereocenters. The molecule has 0 saturated carbocycles. The lowest BCUT2D eigenvalue weighted by Gasteiger charge is -2.32. The molecule has 2 saturated heterocycles. The van der Waals surface area contributed by atoms with Crippen molar-refractivity contribution in [2.75, 3.05) is 0 Å². The molecular formula is C10H13BrFN3. The third-order valence-electron chi connectivity index (χ3n) is 3.46. The van der Waals surface area contributed by atoms with E-state index in [9.17, 15) is 4.39 Å². The molecular weight excluding hydrogens is 261 g/mol. The molecule has 2 bridgehead atoms. The van der Waals surface area contributed by atoms with E-state index in [1.807, 2.05) is 6.20 Å². The molecule has 1 aromatic heterocycles. The van der Waals surface area contributed by atoms with Gasteiger partial charge in [-0.15, -0.1) is 0 Å². The molecule has 0 radical (unpaired) electrons. The molecule has 2 fully saturated rings. The Kier molecular flexibility index (Phi) is 2.32. The summed E-state index contributed by atoms with van der Waals surface area (Å²) in [5.41, 5.74) is 0. The highest BCUT2D eigenvalue weighted by molar-refractivity contribution is 9.10. The molecule has 1 aromatic rings. The summed E-state index contributed by atoms with van der Waals surface area (Å²) in [6.45, 7) is 0. The quantitative estimate of drug-likeness (QED) is 0.849. The summed E-state index contributed by atoms with van der Waals surface area (Å²) in [6, 6.07) is 0.432. The van der Waals surface area contributed by atoms with Gasteiger partial charge in [-0.3, -0.25) is 4.68 Å². The average Bonchev–Trinajstić information content (AvgIpc) is 2.80. The summed E-state index contributed by atoms with van der Waals surface area (Å²) in [4.78, 5) is 0. The topological polar surface area (TPSA) is 29.9 Å². The van der Waals surface area contributed by atoms with Crippen molar-refractivity contribution in [3.8, 4) is 0 Å². The van der Waals surface area contributed by atoms with Crippen LogP contribution in [0.4, 0.5) is 4.39 Å². The van der Waals surface area contributed by atoms with Gasteiger partial charge in [-0.05, 0) is 35.2 Å². The molecule has 15 heavy (non-hydrogen) atoms. The van der Waals surface area contributed by atoms with Gasteiger partial charge in [-0.2, -0.15) is 5.10 Å². The molecule has 0 spiro atoms. The molecule has 1 unspecified atom stereocenters. The highest BCUT2D eigenvalue weighted by atomic mass is 79.9. The van der Waals surface area contributed by atoms with E-state index in [0.29, 0.717) is 6.04 Å². The van der Waals surface area contributed by atoms with Crippen LogP contribution in [0.15, 0.2) is 16.9 Å². The zero-order chi connectivity index (χ0) is 10.4.